The Balaban J connectivity index is 3.64. The molecule has 0 atom stereocenters. The van der Waals surface area contributed by atoms with Crippen LogP contribution in [-0.4, -0.2) is 55.8 Å². The first-order valence-corrected chi connectivity index (χ1v) is 15.5. The van der Waals surface area contributed by atoms with E-state index in [1.165, 1.54) is 6.04 Å². The smallest absolute Gasteiger partial charge is 0.334 e. The van der Waals surface area contributed by atoms with Crippen molar-refractivity contribution in [3.8, 4) is 0 Å². The van der Waals surface area contributed by atoms with Gasteiger partial charge < -0.3 is 19.5 Å². The molecule has 0 saturated carbocycles. The summed E-state index contributed by atoms with van der Waals surface area (Å²) in [5, 5.41) is 5.54. The lowest BCUT2D eigenvalue weighted by Gasteiger charge is -2.22. The van der Waals surface area contributed by atoms with Crippen molar-refractivity contribution in [2.24, 2.45) is 0 Å². The summed E-state index contributed by atoms with van der Waals surface area (Å²) in [5.41, 5.74) is 0. The topological polar surface area (TPSA) is 76.7 Å². The van der Waals surface area contributed by atoms with Crippen molar-refractivity contribution in [2.75, 3.05) is 27.3 Å². The Morgan fingerprint density at radius 2 is 1.40 bits per heavy atom. The Bertz CT molecular complexity index is 397. The van der Waals surface area contributed by atoms with Gasteiger partial charge in [-0.15, -0.1) is 0 Å². The van der Waals surface area contributed by atoms with Crippen molar-refractivity contribution in [2.45, 2.75) is 70.4 Å². The van der Waals surface area contributed by atoms with Crippen LogP contribution in [0.15, 0.2) is 0 Å². The van der Waals surface area contributed by atoms with Crippen LogP contribution in [0.1, 0.15) is 32.1 Å². The molecule has 2 amide bonds. The fourth-order valence-corrected chi connectivity index (χ4v) is 5.08. The van der Waals surface area contributed by atoms with E-state index in [4.69, 9.17) is 8.85 Å². The monoisotopic (exact) mass is 390 g/mol. The first-order chi connectivity index (χ1) is 11.6. The molecule has 0 spiro atoms. The second-order valence-electron chi connectivity index (χ2n) is 7.88. The van der Waals surface area contributed by atoms with Crippen molar-refractivity contribution in [1.82, 2.24) is 10.6 Å². The highest BCUT2D eigenvalue weighted by Crippen LogP contribution is 2.14. The van der Waals surface area contributed by atoms with Crippen LogP contribution in [0.3, 0.4) is 0 Å². The van der Waals surface area contributed by atoms with Crippen molar-refractivity contribution in [3.63, 3.8) is 0 Å². The number of rotatable bonds is 14. The largest absolute Gasteiger partial charge is 0.398 e. The van der Waals surface area contributed by atoms with Crippen molar-refractivity contribution < 1.29 is 18.4 Å². The van der Waals surface area contributed by atoms with E-state index in [0.717, 1.165) is 25.3 Å². The lowest BCUT2D eigenvalue weighted by Crippen LogP contribution is -2.39. The highest BCUT2D eigenvalue weighted by Gasteiger charge is 2.27. The molecule has 0 saturated heterocycles. The second-order valence-corrected chi connectivity index (χ2v) is 17.1. The summed E-state index contributed by atoms with van der Waals surface area (Å²) in [6.45, 7) is 10.0. The van der Waals surface area contributed by atoms with Crippen LogP contribution in [-0.2, 0) is 13.6 Å². The molecule has 0 aliphatic rings. The van der Waals surface area contributed by atoms with Gasteiger partial charge in [0.25, 0.3) is 0 Å². The molecule has 0 aromatic rings. The fourth-order valence-electron chi connectivity index (χ4n) is 2.38. The molecule has 0 unspecified atom stereocenters. The van der Waals surface area contributed by atoms with E-state index in [9.17, 15) is 9.59 Å². The first kappa shape index (κ1) is 24.3. The summed E-state index contributed by atoms with van der Waals surface area (Å²) in [6.07, 6.45) is 3.97. The zero-order chi connectivity index (χ0) is 19.3. The van der Waals surface area contributed by atoms with Crippen molar-refractivity contribution in [3.05, 3.63) is 0 Å². The van der Waals surface area contributed by atoms with E-state index in [-0.39, 0.29) is 11.8 Å². The van der Waals surface area contributed by atoms with E-state index in [2.05, 4.69) is 30.3 Å². The highest BCUT2D eigenvalue weighted by atomic mass is 28.4. The van der Waals surface area contributed by atoms with Crippen LogP contribution in [0.5, 0.6) is 0 Å². The van der Waals surface area contributed by atoms with Crippen LogP contribution in [0, 0.1) is 0 Å². The number of carbonyl (C=O) groups excluding carboxylic acids is 2. The number of Topliss-reactive ketones (excluding diaryl/α,β-unsaturated/α-hetero) is 1. The molecule has 0 rings (SSSR count). The Hall–Kier alpha value is -0.706. The van der Waals surface area contributed by atoms with Gasteiger partial charge >= 0.3 is 14.6 Å². The number of urea groups is 1. The van der Waals surface area contributed by atoms with Gasteiger partial charge in [-0.1, -0.05) is 32.1 Å². The Morgan fingerprint density at radius 3 is 1.96 bits per heavy atom. The Labute approximate surface area is 155 Å². The standard InChI is InChI=1S/C17H38N2O4Si2/c1-22-25(6,23-2)15-9-12-18-17(21)19-13-11-16(20)10-7-8-14-24(3,4)5/h7-15H2,1-6H3,(H2,18,19,21). The van der Waals surface area contributed by atoms with Gasteiger partial charge in [0.1, 0.15) is 5.78 Å². The van der Waals surface area contributed by atoms with Crippen molar-refractivity contribution >= 4 is 28.4 Å². The molecule has 6 nitrogen and oxygen atoms in total. The zero-order valence-corrected chi connectivity index (χ0v) is 19.0. The molecule has 0 aliphatic carbocycles. The quantitative estimate of drug-likeness (QED) is 0.351. The van der Waals surface area contributed by atoms with Gasteiger partial charge in [0, 0.05) is 48.2 Å². The number of carbonyl (C=O) groups is 2. The number of ketones is 1. The number of hydrogen-bond acceptors (Lipinski definition) is 4. The lowest BCUT2D eigenvalue weighted by atomic mass is 10.1. The van der Waals surface area contributed by atoms with E-state index in [1.54, 1.807) is 14.2 Å². The molecule has 0 heterocycles. The number of nitrogens with one attached hydrogen (secondary N) is 2. The summed E-state index contributed by atoms with van der Waals surface area (Å²) in [6, 6.07) is 1.88. The first-order valence-electron chi connectivity index (χ1n) is 9.25. The molecule has 2 N–H and O–H groups in total. The van der Waals surface area contributed by atoms with Gasteiger partial charge in [0.2, 0.25) is 0 Å². The molecule has 25 heavy (non-hydrogen) atoms. The minimum atomic E-state index is -2.05. The van der Waals surface area contributed by atoms with Gasteiger partial charge in [-0.05, 0) is 25.4 Å². The predicted octanol–water partition coefficient (Wildman–Crippen LogP) is 3.51. The number of amides is 2. The Kier molecular flexibility index (Phi) is 12.3. The molecular formula is C17H38N2O4Si2. The van der Waals surface area contributed by atoms with E-state index < -0.39 is 16.6 Å². The molecule has 148 valence electrons. The van der Waals surface area contributed by atoms with Crippen LogP contribution < -0.4 is 10.6 Å². The zero-order valence-electron chi connectivity index (χ0n) is 17.0. The van der Waals surface area contributed by atoms with Gasteiger partial charge in [0.15, 0.2) is 0 Å². The van der Waals surface area contributed by atoms with Gasteiger partial charge in [-0.3, -0.25) is 4.79 Å². The highest BCUT2D eigenvalue weighted by molar-refractivity contribution is 6.76. The molecule has 0 radical (unpaired) electrons. The maximum absolute atomic E-state index is 11.8. The third kappa shape index (κ3) is 14.2. The minimum absolute atomic E-state index is 0.218. The summed E-state index contributed by atoms with van der Waals surface area (Å²) >= 11 is 0. The van der Waals surface area contributed by atoms with E-state index in [1.807, 2.05) is 6.55 Å². The second kappa shape index (κ2) is 12.6. The molecule has 0 aromatic heterocycles. The molecule has 0 aromatic carbocycles. The molecule has 0 fully saturated rings. The van der Waals surface area contributed by atoms with Crippen LogP contribution in [0.4, 0.5) is 4.79 Å². The summed E-state index contributed by atoms with van der Waals surface area (Å²) < 4.78 is 10.8. The van der Waals surface area contributed by atoms with Crippen LogP contribution in [0.2, 0.25) is 38.3 Å². The average Bonchev–Trinajstić information content (AvgIpc) is 2.54. The van der Waals surface area contributed by atoms with Gasteiger partial charge in [-0.25, -0.2) is 4.79 Å². The normalized spacial score (nSPS) is 12.1. The summed E-state index contributed by atoms with van der Waals surface area (Å²) in [4.78, 5) is 23.5. The fraction of sp³-hybridized carbons (Fsp3) is 0.882. The third-order valence-corrected chi connectivity index (χ3v) is 9.12. The van der Waals surface area contributed by atoms with Crippen LogP contribution >= 0.6 is 0 Å². The number of unbranched alkanes of at least 4 members (excludes halogenated alkanes) is 1. The van der Waals surface area contributed by atoms with E-state index >= 15 is 0 Å². The third-order valence-electron chi connectivity index (χ3n) is 4.28. The maximum atomic E-state index is 11.8. The SMILES string of the molecule is CO[Si](C)(CCCNC(=O)NCCC(=O)CCCC[Si](C)(C)C)OC. The molecule has 8 heteroatoms. The molecular weight excluding hydrogens is 352 g/mol. The van der Waals surface area contributed by atoms with Gasteiger partial charge in [-0.2, -0.15) is 0 Å². The van der Waals surface area contributed by atoms with Gasteiger partial charge in [0.05, 0.1) is 0 Å². The molecule has 0 bridgehead atoms. The predicted molar refractivity (Wildman–Crippen MR) is 108 cm³/mol. The number of hydrogen-bond donors (Lipinski definition) is 2. The minimum Gasteiger partial charge on any atom is -0.398 e. The molecule has 0 aliphatic heterocycles. The summed E-state index contributed by atoms with van der Waals surface area (Å²) in [5.74, 6) is 0.234. The van der Waals surface area contributed by atoms with Crippen molar-refractivity contribution in [1.29, 1.82) is 0 Å². The Morgan fingerprint density at radius 1 is 0.800 bits per heavy atom. The average molecular weight is 391 g/mol. The summed E-state index contributed by atoms with van der Waals surface area (Å²) in [7, 11) is 0.285. The van der Waals surface area contributed by atoms with E-state index in [0.29, 0.717) is 25.9 Å². The maximum Gasteiger partial charge on any atom is 0.334 e. The lowest BCUT2D eigenvalue weighted by molar-refractivity contribution is -0.119. The van der Waals surface area contributed by atoms with Crippen LogP contribution in [0.25, 0.3) is 0 Å².